The van der Waals surface area contributed by atoms with E-state index in [4.69, 9.17) is 5.73 Å². The van der Waals surface area contributed by atoms with E-state index in [0.29, 0.717) is 12.1 Å². The van der Waals surface area contributed by atoms with Crippen molar-refractivity contribution < 1.29 is 4.79 Å². The largest absolute Gasteiger partial charge is 0.368 e. The summed E-state index contributed by atoms with van der Waals surface area (Å²) in [5, 5.41) is 4.09. The van der Waals surface area contributed by atoms with Crippen LogP contribution in [-0.4, -0.2) is 41.4 Å². The van der Waals surface area contributed by atoms with Gasteiger partial charge in [0, 0.05) is 23.1 Å². The molecule has 0 unspecified atom stereocenters. The second kappa shape index (κ2) is 9.16. The van der Waals surface area contributed by atoms with Gasteiger partial charge in [-0.15, -0.1) is 0 Å². The van der Waals surface area contributed by atoms with Crippen molar-refractivity contribution in [2.45, 2.75) is 13.0 Å². The van der Waals surface area contributed by atoms with Crippen LogP contribution in [0.1, 0.15) is 27.5 Å². The van der Waals surface area contributed by atoms with Crippen molar-refractivity contribution >= 4 is 22.8 Å². The number of nitrogens with zero attached hydrogens (tertiary/aromatic N) is 3. The number of nitrogens with one attached hydrogen (secondary N) is 1. The Kier molecular flexibility index (Phi) is 6.14. The van der Waals surface area contributed by atoms with Crippen molar-refractivity contribution in [1.29, 1.82) is 0 Å². The monoisotopic (exact) mass is 425 g/mol. The van der Waals surface area contributed by atoms with Crippen molar-refractivity contribution in [2.75, 3.05) is 26.4 Å². The molecule has 0 radical (unpaired) electrons. The summed E-state index contributed by atoms with van der Waals surface area (Å²) in [5.74, 6) is 0.0800. The highest BCUT2D eigenvalue weighted by Gasteiger charge is 2.18. The predicted molar refractivity (Wildman–Crippen MR) is 129 cm³/mol. The molecule has 0 fully saturated rings. The van der Waals surface area contributed by atoms with Crippen LogP contribution in [0.4, 0.5) is 5.95 Å². The number of carbonyl (C=O) groups is 1. The maximum atomic E-state index is 13.2. The van der Waals surface area contributed by atoms with Gasteiger partial charge in [-0.05, 0) is 50.3 Å². The number of benzene rings is 3. The molecule has 1 atom stereocenters. The second-order valence-electron chi connectivity index (χ2n) is 8.18. The zero-order valence-corrected chi connectivity index (χ0v) is 18.5. The van der Waals surface area contributed by atoms with Crippen LogP contribution in [0.5, 0.6) is 0 Å². The SMILES string of the molecule is Cc1ccc(C(=O)N[C@@H](CN(C)C)c2ccccc2)cc1-c1nc(N)nc2ccccc12. The molecule has 3 N–H and O–H groups in total. The van der Waals surface area contributed by atoms with E-state index in [1.165, 1.54) is 0 Å². The molecule has 0 saturated carbocycles. The van der Waals surface area contributed by atoms with Gasteiger partial charge in [-0.2, -0.15) is 0 Å². The minimum atomic E-state index is -0.131. The number of aryl methyl sites for hydroxylation is 1. The molecule has 1 amide bonds. The zero-order valence-electron chi connectivity index (χ0n) is 18.5. The minimum absolute atomic E-state index is 0.126. The van der Waals surface area contributed by atoms with Crippen LogP contribution in [0, 0.1) is 6.92 Å². The van der Waals surface area contributed by atoms with Crippen LogP contribution in [-0.2, 0) is 0 Å². The number of nitrogen functional groups attached to an aromatic ring is 1. The molecule has 162 valence electrons. The van der Waals surface area contributed by atoms with Gasteiger partial charge in [-0.3, -0.25) is 4.79 Å². The molecule has 0 saturated heterocycles. The Labute approximate surface area is 188 Å². The smallest absolute Gasteiger partial charge is 0.251 e. The van der Waals surface area contributed by atoms with Gasteiger partial charge in [-0.1, -0.05) is 54.6 Å². The van der Waals surface area contributed by atoms with Crippen LogP contribution in [0.15, 0.2) is 72.8 Å². The lowest BCUT2D eigenvalue weighted by Gasteiger charge is -2.23. The summed E-state index contributed by atoms with van der Waals surface area (Å²) >= 11 is 0. The fraction of sp³-hybridized carbons (Fsp3) is 0.192. The Hall–Kier alpha value is -3.77. The highest BCUT2D eigenvalue weighted by molar-refractivity contribution is 5.98. The molecule has 1 heterocycles. The van der Waals surface area contributed by atoms with Crippen molar-refractivity contribution in [3.63, 3.8) is 0 Å². The molecular formula is C26H27N5O. The van der Waals surface area contributed by atoms with E-state index in [9.17, 15) is 4.79 Å². The normalized spacial score (nSPS) is 12.1. The maximum Gasteiger partial charge on any atom is 0.251 e. The number of hydrogen-bond donors (Lipinski definition) is 2. The highest BCUT2D eigenvalue weighted by atomic mass is 16.1. The minimum Gasteiger partial charge on any atom is -0.368 e. The van der Waals surface area contributed by atoms with E-state index < -0.39 is 0 Å². The Morgan fingerprint density at radius 1 is 1.00 bits per heavy atom. The third-order valence-electron chi connectivity index (χ3n) is 5.43. The molecule has 6 heteroatoms. The van der Waals surface area contributed by atoms with Gasteiger partial charge in [0.2, 0.25) is 5.95 Å². The Bertz CT molecular complexity index is 1250. The molecule has 3 aromatic carbocycles. The number of hydrogen-bond acceptors (Lipinski definition) is 5. The zero-order chi connectivity index (χ0) is 22.7. The fourth-order valence-electron chi connectivity index (χ4n) is 3.84. The summed E-state index contributed by atoms with van der Waals surface area (Å²) in [5.41, 5.74) is 11.0. The molecule has 6 nitrogen and oxygen atoms in total. The standard InChI is InChI=1S/C26H27N5O/c1-17-13-14-19(25(32)28-23(16-31(2)3)18-9-5-4-6-10-18)15-21(17)24-20-11-7-8-12-22(20)29-26(27)30-24/h4-15,23H,16H2,1-3H3,(H,28,32)(H2,27,29,30)/t23-/m0/s1. The predicted octanol–water partition coefficient (Wildman–Crippen LogP) is 4.22. The van der Waals surface area contributed by atoms with E-state index in [1.807, 2.05) is 93.8 Å². The van der Waals surface area contributed by atoms with Crippen LogP contribution in [0.25, 0.3) is 22.2 Å². The lowest BCUT2D eigenvalue weighted by Crippen LogP contribution is -2.35. The Morgan fingerprint density at radius 3 is 2.47 bits per heavy atom. The van der Waals surface area contributed by atoms with Gasteiger partial charge in [0.25, 0.3) is 5.91 Å². The van der Waals surface area contributed by atoms with E-state index in [0.717, 1.165) is 33.3 Å². The summed E-state index contributed by atoms with van der Waals surface area (Å²) in [6.45, 7) is 2.70. The first-order valence-electron chi connectivity index (χ1n) is 10.6. The third-order valence-corrected chi connectivity index (χ3v) is 5.43. The van der Waals surface area contributed by atoms with Crippen LogP contribution in [0.3, 0.4) is 0 Å². The summed E-state index contributed by atoms with van der Waals surface area (Å²) in [6, 6.07) is 23.3. The fourth-order valence-corrected chi connectivity index (χ4v) is 3.84. The van der Waals surface area contributed by atoms with Gasteiger partial charge in [0.15, 0.2) is 0 Å². The number of rotatable bonds is 6. The summed E-state index contributed by atoms with van der Waals surface area (Å²) in [7, 11) is 3.99. The number of amides is 1. The lowest BCUT2D eigenvalue weighted by molar-refractivity contribution is 0.0930. The third kappa shape index (κ3) is 4.60. The maximum absolute atomic E-state index is 13.2. The lowest BCUT2D eigenvalue weighted by atomic mass is 9.98. The summed E-state index contributed by atoms with van der Waals surface area (Å²) in [6.07, 6.45) is 0. The average Bonchev–Trinajstić information content (AvgIpc) is 2.78. The average molecular weight is 426 g/mol. The molecule has 0 aliphatic heterocycles. The molecule has 1 aromatic heterocycles. The van der Waals surface area contributed by atoms with Crippen LogP contribution < -0.4 is 11.1 Å². The quantitative estimate of drug-likeness (QED) is 0.483. The topological polar surface area (TPSA) is 84.1 Å². The summed E-state index contributed by atoms with van der Waals surface area (Å²) < 4.78 is 0. The first-order chi connectivity index (χ1) is 15.4. The number of nitrogens with two attached hydrogens (primary N) is 1. The summed E-state index contributed by atoms with van der Waals surface area (Å²) in [4.78, 5) is 24.2. The number of likely N-dealkylation sites (N-methyl/N-ethyl adjacent to an activating group) is 1. The van der Waals surface area contributed by atoms with Gasteiger partial charge in [-0.25, -0.2) is 9.97 Å². The Balaban J connectivity index is 1.71. The van der Waals surface area contributed by atoms with Crippen molar-refractivity contribution in [3.05, 3.63) is 89.5 Å². The van der Waals surface area contributed by atoms with Crippen molar-refractivity contribution in [3.8, 4) is 11.3 Å². The molecule has 32 heavy (non-hydrogen) atoms. The molecular weight excluding hydrogens is 398 g/mol. The molecule has 4 aromatic rings. The van der Waals surface area contributed by atoms with Crippen LogP contribution >= 0.6 is 0 Å². The molecule has 0 spiro atoms. The Morgan fingerprint density at radius 2 is 1.72 bits per heavy atom. The molecule has 0 aliphatic carbocycles. The van der Waals surface area contributed by atoms with E-state index in [1.54, 1.807) is 0 Å². The number of para-hydroxylation sites is 1. The first kappa shape index (κ1) is 21.5. The van der Waals surface area contributed by atoms with E-state index in [-0.39, 0.29) is 17.9 Å². The first-order valence-corrected chi connectivity index (χ1v) is 10.6. The van der Waals surface area contributed by atoms with Crippen molar-refractivity contribution in [1.82, 2.24) is 20.2 Å². The van der Waals surface area contributed by atoms with Gasteiger partial charge in [0.05, 0.1) is 17.3 Å². The number of fused-ring (bicyclic) bond motifs is 1. The van der Waals surface area contributed by atoms with E-state index in [2.05, 4.69) is 20.2 Å². The molecule has 0 bridgehead atoms. The molecule has 4 rings (SSSR count). The van der Waals surface area contributed by atoms with Gasteiger partial charge in [0.1, 0.15) is 0 Å². The van der Waals surface area contributed by atoms with Gasteiger partial charge < -0.3 is 16.0 Å². The van der Waals surface area contributed by atoms with Crippen LogP contribution in [0.2, 0.25) is 0 Å². The van der Waals surface area contributed by atoms with E-state index >= 15 is 0 Å². The number of carbonyl (C=O) groups excluding carboxylic acids is 1. The number of aromatic nitrogens is 2. The number of anilines is 1. The van der Waals surface area contributed by atoms with Crippen molar-refractivity contribution in [2.24, 2.45) is 0 Å². The highest BCUT2D eigenvalue weighted by Crippen LogP contribution is 2.30. The second-order valence-corrected chi connectivity index (χ2v) is 8.18. The molecule has 0 aliphatic rings. The van der Waals surface area contributed by atoms with Gasteiger partial charge >= 0.3 is 0 Å².